The second kappa shape index (κ2) is 11.5. The number of aromatic nitrogens is 4. The summed E-state index contributed by atoms with van der Waals surface area (Å²) in [6, 6.07) is 25.7. The van der Waals surface area contributed by atoms with Crippen LogP contribution in [0.15, 0.2) is 85.1 Å². The van der Waals surface area contributed by atoms with Crippen molar-refractivity contribution in [1.82, 2.24) is 24.0 Å². The Morgan fingerprint density at radius 2 is 1.84 bits per heavy atom. The van der Waals surface area contributed by atoms with Crippen molar-refractivity contribution in [1.29, 1.82) is 0 Å². The summed E-state index contributed by atoms with van der Waals surface area (Å²) in [7, 11) is 1.63. The van der Waals surface area contributed by atoms with Crippen molar-refractivity contribution in [2.24, 2.45) is 11.7 Å². The molecule has 5 heterocycles. The number of benzene rings is 3. The molecule has 6 aromatic rings. The number of fused-ring (bicyclic) bond motifs is 13. The minimum Gasteiger partial charge on any atom is -0.494 e. The Morgan fingerprint density at radius 3 is 2.65 bits per heavy atom. The number of aliphatic hydroxyl groups excluding tert-OH is 2. The number of pyridine rings is 1. The van der Waals surface area contributed by atoms with Crippen LogP contribution in [-0.4, -0.2) is 72.0 Å². The summed E-state index contributed by atoms with van der Waals surface area (Å²) < 4.78 is 10.3. The highest BCUT2D eigenvalue weighted by molar-refractivity contribution is 6.00. The molecule has 1 saturated heterocycles. The largest absolute Gasteiger partial charge is 0.494 e. The second-order valence-electron chi connectivity index (χ2n) is 13.7. The van der Waals surface area contributed by atoms with E-state index in [4.69, 9.17) is 20.4 Å². The number of nitrogens with two attached hydrogens (primary N) is 1. The third-order valence-electron chi connectivity index (χ3n) is 10.9. The molecule has 0 unspecified atom stereocenters. The van der Waals surface area contributed by atoms with Gasteiger partial charge >= 0.3 is 0 Å². The number of ether oxygens (including phenoxy) is 1. The number of likely N-dealkylation sites (tertiary alicyclic amines) is 1. The molecule has 4 N–H and O–H groups in total. The van der Waals surface area contributed by atoms with Crippen molar-refractivity contribution in [3.8, 4) is 28.4 Å². The number of methoxy groups -OCH3 is 1. The van der Waals surface area contributed by atoms with E-state index in [2.05, 4.69) is 27.3 Å². The monoisotopic (exact) mass is 654 g/mol. The first-order chi connectivity index (χ1) is 23.9. The Labute approximate surface area is 283 Å². The maximum absolute atomic E-state index is 14.0. The van der Waals surface area contributed by atoms with Crippen molar-refractivity contribution in [2.45, 2.75) is 56.6 Å². The molecule has 1 saturated carbocycles. The van der Waals surface area contributed by atoms with Crippen LogP contribution in [0.2, 0.25) is 0 Å². The summed E-state index contributed by atoms with van der Waals surface area (Å²) >= 11 is 0. The Kier molecular flexibility index (Phi) is 7.08. The zero-order valence-electron chi connectivity index (χ0n) is 27.2. The number of carbonyl (C=O) groups excluding carboxylic acids is 1. The minimum absolute atomic E-state index is 0.0225. The van der Waals surface area contributed by atoms with Gasteiger partial charge < -0.3 is 34.7 Å². The molecule has 2 fully saturated rings. The van der Waals surface area contributed by atoms with E-state index in [9.17, 15) is 15.0 Å². The number of rotatable bonds is 2. The van der Waals surface area contributed by atoms with Gasteiger partial charge in [-0.1, -0.05) is 42.5 Å². The Bertz CT molecular complexity index is 2260. The van der Waals surface area contributed by atoms with Gasteiger partial charge in [0.2, 0.25) is 0 Å². The molecule has 3 aromatic heterocycles. The third kappa shape index (κ3) is 4.77. The number of carbonyl (C=O) groups is 1. The van der Waals surface area contributed by atoms with Crippen molar-refractivity contribution < 1.29 is 19.7 Å². The summed E-state index contributed by atoms with van der Waals surface area (Å²) in [5, 5.41) is 23.8. The zero-order valence-corrected chi connectivity index (χ0v) is 27.2. The molecule has 10 nitrogen and oxygen atoms in total. The summed E-state index contributed by atoms with van der Waals surface area (Å²) in [6.45, 7) is 1.54. The molecule has 0 radical (unpaired) electrons. The van der Waals surface area contributed by atoms with Crippen LogP contribution in [0.3, 0.4) is 0 Å². The highest BCUT2D eigenvalue weighted by atomic mass is 16.5. The van der Waals surface area contributed by atoms with Gasteiger partial charge in [0.1, 0.15) is 23.0 Å². The molecule has 9 rings (SSSR count). The number of imidazole rings is 1. The van der Waals surface area contributed by atoms with E-state index < -0.39 is 12.2 Å². The smallest absolute Gasteiger partial charge is 0.254 e. The van der Waals surface area contributed by atoms with Crippen LogP contribution in [-0.2, 0) is 13.1 Å². The number of aliphatic hydroxyl groups is 2. The predicted molar refractivity (Wildman–Crippen MR) is 187 cm³/mol. The number of amides is 1. The van der Waals surface area contributed by atoms with Crippen LogP contribution in [0.5, 0.6) is 5.75 Å². The number of nitrogens with zero attached hydrogens (tertiary/aromatic N) is 5. The standard InChI is InChI=1S/C39H38N6O4/c1-49-33-19-26(39(48)44-21-25-11-12-30(44)34(25)40)17-29-35(33)45-20-22-6-4-7-23(16-22)27-9-2-3-10-28(27)36(47)32(46)13-15-43-31(38(45)42-29)18-24-8-5-14-41-37(24)43/h2-10,14,16-19,25,30,32,34,36,46-47H,11-13,15,20-21,40H2,1H3/t25-,30-,32-,34-,36+/m1/s1. The SMILES string of the molecule is COc1cc(C(=O)N2C[C@H]3CC[C@@H]2[C@@H]3N)cc2nc3n(c12)Cc1cccc(c1)-c1ccccc1[C@H](O)[C@H](O)CCn1c-3cc2cccnc21. The molecule has 49 heavy (non-hydrogen) atoms. The van der Waals surface area contributed by atoms with Gasteiger partial charge in [-0.3, -0.25) is 4.79 Å². The number of hydrogen-bond acceptors (Lipinski definition) is 7. The third-order valence-corrected chi connectivity index (χ3v) is 10.9. The van der Waals surface area contributed by atoms with Gasteiger partial charge in [-0.25, -0.2) is 9.97 Å². The quantitative estimate of drug-likeness (QED) is 0.236. The maximum atomic E-state index is 14.0. The molecule has 1 aliphatic carbocycles. The minimum atomic E-state index is -1.08. The Morgan fingerprint density at radius 1 is 0.959 bits per heavy atom. The van der Waals surface area contributed by atoms with E-state index in [-0.39, 0.29) is 24.4 Å². The van der Waals surface area contributed by atoms with Gasteiger partial charge in [0.25, 0.3) is 5.91 Å². The lowest BCUT2D eigenvalue weighted by Gasteiger charge is -2.27. The molecule has 1 amide bonds. The van der Waals surface area contributed by atoms with E-state index in [0.29, 0.717) is 53.8 Å². The molecular formula is C39H38N6O4. The fourth-order valence-electron chi connectivity index (χ4n) is 8.47. The van der Waals surface area contributed by atoms with Crippen LogP contribution >= 0.6 is 0 Å². The summed E-state index contributed by atoms with van der Waals surface area (Å²) in [5.74, 6) is 1.56. The fourth-order valence-corrected chi connectivity index (χ4v) is 8.47. The van der Waals surface area contributed by atoms with Gasteiger partial charge in [0.15, 0.2) is 5.82 Å². The van der Waals surface area contributed by atoms with Crippen molar-refractivity contribution in [2.75, 3.05) is 13.7 Å². The normalized spacial score (nSPS) is 23.3. The molecule has 248 valence electrons. The molecule has 10 heteroatoms. The van der Waals surface area contributed by atoms with Crippen LogP contribution in [0.1, 0.15) is 46.9 Å². The molecular weight excluding hydrogens is 616 g/mol. The van der Waals surface area contributed by atoms with Crippen LogP contribution in [0.25, 0.3) is 44.7 Å². The van der Waals surface area contributed by atoms with Gasteiger partial charge in [-0.05, 0) is 83.8 Å². The summed E-state index contributed by atoms with van der Waals surface area (Å²) in [4.78, 5) is 25.9. The van der Waals surface area contributed by atoms with Crippen LogP contribution in [0, 0.1) is 5.92 Å². The van der Waals surface area contributed by atoms with Gasteiger partial charge in [-0.15, -0.1) is 0 Å². The lowest BCUT2D eigenvalue weighted by atomic mass is 9.92. The number of hydrogen-bond donors (Lipinski definition) is 3. The molecule has 3 aromatic carbocycles. The molecule has 4 bridgehead atoms. The number of aryl methyl sites for hydroxylation is 1. The molecule has 5 atom stereocenters. The van der Waals surface area contributed by atoms with Crippen molar-refractivity contribution >= 4 is 28.0 Å². The van der Waals surface area contributed by atoms with E-state index >= 15 is 0 Å². The van der Waals surface area contributed by atoms with E-state index in [1.165, 1.54) is 0 Å². The first-order valence-corrected chi connectivity index (χ1v) is 17.0. The van der Waals surface area contributed by atoms with Crippen molar-refractivity contribution in [3.05, 3.63) is 102 Å². The average Bonchev–Trinajstić information content (AvgIpc) is 3.88. The van der Waals surface area contributed by atoms with E-state index in [0.717, 1.165) is 51.8 Å². The van der Waals surface area contributed by atoms with E-state index in [1.54, 1.807) is 13.3 Å². The summed E-state index contributed by atoms with van der Waals surface area (Å²) in [6.07, 6.45) is 1.94. The topological polar surface area (TPSA) is 132 Å². The fraction of sp³-hybridized carbons (Fsp3) is 0.308. The molecule has 3 aliphatic rings. The first kappa shape index (κ1) is 30.1. The van der Waals surface area contributed by atoms with Gasteiger partial charge in [0.05, 0.1) is 24.4 Å². The lowest BCUT2D eigenvalue weighted by Crippen LogP contribution is -2.41. The predicted octanol–water partition coefficient (Wildman–Crippen LogP) is 5.14. The van der Waals surface area contributed by atoms with Gasteiger partial charge in [0, 0.05) is 48.9 Å². The number of piperidine rings is 1. The highest BCUT2D eigenvalue weighted by Crippen LogP contribution is 2.40. The molecule has 0 spiro atoms. The molecule has 2 aliphatic heterocycles. The van der Waals surface area contributed by atoms with Crippen LogP contribution in [0.4, 0.5) is 0 Å². The highest BCUT2D eigenvalue weighted by Gasteiger charge is 2.47. The Hall–Kier alpha value is -5.03. The first-order valence-electron chi connectivity index (χ1n) is 17.0. The van der Waals surface area contributed by atoms with E-state index in [1.807, 2.05) is 65.6 Å². The lowest BCUT2D eigenvalue weighted by molar-refractivity contribution is 0.0115. The zero-order chi connectivity index (χ0) is 33.4. The summed E-state index contributed by atoms with van der Waals surface area (Å²) in [5.41, 5.74) is 13.5. The van der Waals surface area contributed by atoms with Crippen molar-refractivity contribution in [3.63, 3.8) is 0 Å². The average molecular weight is 655 g/mol. The van der Waals surface area contributed by atoms with Gasteiger partial charge in [-0.2, -0.15) is 0 Å². The Balaban J connectivity index is 1.26. The maximum Gasteiger partial charge on any atom is 0.254 e. The van der Waals surface area contributed by atoms with Crippen LogP contribution < -0.4 is 10.5 Å². The second-order valence-corrected chi connectivity index (χ2v) is 13.7.